The summed E-state index contributed by atoms with van der Waals surface area (Å²) in [7, 11) is 0. The molecule has 1 rings (SSSR count). The molecule has 0 fully saturated rings. The van der Waals surface area contributed by atoms with Crippen LogP contribution in [0.4, 0.5) is 13.2 Å². The zero-order valence-corrected chi connectivity index (χ0v) is 9.82. The Labute approximate surface area is 105 Å². The number of hydrogen-bond donors (Lipinski definition) is 1. The molecule has 0 aliphatic rings. The van der Waals surface area contributed by atoms with E-state index in [1.165, 1.54) is 6.92 Å². The number of esters is 1. The average Bonchev–Trinajstić information content (AvgIpc) is 2.27. The molecule has 9 heteroatoms. The summed E-state index contributed by atoms with van der Waals surface area (Å²) in [5.74, 6) is -2.47. The largest absolute Gasteiger partial charge is 0.462 e. The summed E-state index contributed by atoms with van der Waals surface area (Å²) in [6, 6.07) is 0. The van der Waals surface area contributed by atoms with E-state index in [-0.39, 0.29) is 6.61 Å². The number of carbonyl (C=O) groups is 2. The third-order valence-corrected chi connectivity index (χ3v) is 1.93. The first kappa shape index (κ1) is 14.9. The second-order valence-electron chi connectivity index (χ2n) is 3.41. The van der Waals surface area contributed by atoms with Gasteiger partial charge in [-0.1, -0.05) is 0 Å². The standard InChI is InChI=1S/C10H10F3N3O3/c1-2-19-9(18)5-4-15-7(3-6(14)17)16-8(5)10(11,12)13/h4H,2-3H2,1H3,(H2,14,17). The highest BCUT2D eigenvalue weighted by Crippen LogP contribution is 2.30. The van der Waals surface area contributed by atoms with Gasteiger partial charge in [-0.3, -0.25) is 4.79 Å². The zero-order valence-electron chi connectivity index (χ0n) is 9.82. The maximum atomic E-state index is 12.8. The number of hydrogen-bond acceptors (Lipinski definition) is 5. The number of ether oxygens (including phenoxy) is 1. The normalized spacial score (nSPS) is 11.2. The first-order valence-electron chi connectivity index (χ1n) is 5.14. The van der Waals surface area contributed by atoms with Crippen LogP contribution in [0, 0.1) is 0 Å². The molecule has 0 saturated carbocycles. The molecule has 104 valence electrons. The smallest absolute Gasteiger partial charge is 0.434 e. The predicted octanol–water partition coefficient (Wildman–Crippen LogP) is 0.700. The van der Waals surface area contributed by atoms with E-state index < -0.39 is 41.6 Å². The number of halogens is 3. The van der Waals surface area contributed by atoms with Gasteiger partial charge < -0.3 is 10.5 Å². The predicted molar refractivity (Wildman–Crippen MR) is 55.9 cm³/mol. The fourth-order valence-electron chi connectivity index (χ4n) is 1.23. The fourth-order valence-corrected chi connectivity index (χ4v) is 1.23. The molecule has 0 aliphatic carbocycles. The lowest BCUT2D eigenvalue weighted by Crippen LogP contribution is -2.22. The molecular formula is C10H10F3N3O3. The van der Waals surface area contributed by atoms with Gasteiger partial charge in [0.15, 0.2) is 5.69 Å². The van der Waals surface area contributed by atoms with Crippen LogP contribution in [0.25, 0.3) is 0 Å². The van der Waals surface area contributed by atoms with E-state index in [4.69, 9.17) is 5.73 Å². The molecule has 0 aromatic carbocycles. The minimum atomic E-state index is -4.86. The Bertz CT molecular complexity index is 503. The van der Waals surface area contributed by atoms with Crippen LogP contribution in [0.1, 0.15) is 28.8 Å². The molecule has 0 spiro atoms. The quantitative estimate of drug-likeness (QED) is 0.817. The van der Waals surface area contributed by atoms with Crippen molar-refractivity contribution in [3.05, 3.63) is 23.3 Å². The van der Waals surface area contributed by atoms with E-state index in [1.54, 1.807) is 0 Å². The van der Waals surface area contributed by atoms with Crippen LogP contribution in [0.5, 0.6) is 0 Å². The second kappa shape index (κ2) is 5.63. The molecule has 1 amide bonds. The monoisotopic (exact) mass is 277 g/mol. The molecule has 0 aliphatic heterocycles. The van der Waals surface area contributed by atoms with Crippen LogP contribution in [0.3, 0.4) is 0 Å². The minimum Gasteiger partial charge on any atom is -0.462 e. The van der Waals surface area contributed by atoms with Crippen molar-refractivity contribution in [1.29, 1.82) is 0 Å². The summed E-state index contributed by atoms with van der Waals surface area (Å²) < 4.78 is 42.7. The zero-order chi connectivity index (χ0) is 14.6. The number of nitrogens with zero attached hydrogens (tertiary/aromatic N) is 2. The van der Waals surface area contributed by atoms with Crippen LogP contribution >= 0.6 is 0 Å². The van der Waals surface area contributed by atoms with Crippen molar-refractivity contribution in [3.8, 4) is 0 Å². The number of alkyl halides is 3. The number of carbonyl (C=O) groups excluding carboxylic acids is 2. The van der Waals surface area contributed by atoms with Gasteiger partial charge in [0.25, 0.3) is 0 Å². The van der Waals surface area contributed by atoms with Gasteiger partial charge in [-0.15, -0.1) is 0 Å². The minimum absolute atomic E-state index is 0.0842. The van der Waals surface area contributed by atoms with Gasteiger partial charge in [0.2, 0.25) is 5.91 Å². The Hall–Kier alpha value is -2.19. The Kier molecular flexibility index (Phi) is 4.41. The molecule has 1 heterocycles. The van der Waals surface area contributed by atoms with E-state index >= 15 is 0 Å². The van der Waals surface area contributed by atoms with Crippen LogP contribution in [0.2, 0.25) is 0 Å². The van der Waals surface area contributed by atoms with Crippen molar-refractivity contribution >= 4 is 11.9 Å². The van der Waals surface area contributed by atoms with E-state index in [2.05, 4.69) is 14.7 Å². The Morgan fingerprint density at radius 1 is 1.42 bits per heavy atom. The molecule has 0 unspecified atom stereocenters. The lowest BCUT2D eigenvalue weighted by molar-refractivity contribution is -0.142. The van der Waals surface area contributed by atoms with Gasteiger partial charge in [0.05, 0.1) is 13.0 Å². The summed E-state index contributed by atoms with van der Waals surface area (Å²) in [5, 5.41) is 0. The number of aromatic nitrogens is 2. The third-order valence-electron chi connectivity index (χ3n) is 1.93. The van der Waals surface area contributed by atoms with Crippen molar-refractivity contribution in [2.45, 2.75) is 19.5 Å². The molecule has 0 atom stereocenters. The second-order valence-corrected chi connectivity index (χ2v) is 3.41. The third kappa shape index (κ3) is 3.90. The van der Waals surface area contributed by atoms with Gasteiger partial charge in [0, 0.05) is 6.20 Å². The highest BCUT2D eigenvalue weighted by molar-refractivity contribution is 5.90. The Morgan fingerprint density at radius 3 is 2.53 bits per heavy atom. The highest BCUT2D eigenvalue weighted by atomic mass is 19.4. The van der Waals surface area contributed by atoms with Crippen molar-refractivity contribution < 1.29 is 27.5 Å². The molecule has 0 radical (unpaired) electrons. The van der Waals surface area contributed by atoms with Crippen LogP contribution in [-0.4, -0.2) is 28.5 Å². The highest BCUT2D eigenvalue weighted by Gasteiger charge is 2.38. The maximum absolute atomic E-state index is 12.8. The van der Waals surface area contributed by atoms with E-state index in [9.17, 15) is 22.8 Å². The molecule has 19 heavy (non-hydrogen) atoms. The first-order valence-corrected chi connectivity index (χ1v) is 5.14. The number of amides is 1. The lowest BCUT2D eigenvalue weighted by atomic mass is 10.2. The van der Waals surface area contributed by atoms with Crippen molar-refractivity contribution in [2.75, 3.05) is 6.61 Å². The Balaban J connectivity index is 3.25. The fraction of sp³-hybridized carbons (Fsp3) is 0.400. The topological polar surface area (TPSA) is 95.2 Å². The van der Waals surface area contributed by atoms with E-state index in [1.807, 2.05) is 0 Å². The molecule has 1 aromatic rings. The molecule has 0 bridgehead atoms. The SMILES string of the molecule is CCOC(=O)c1cnc(CC(N)=O)nc1C(F)(F)F. The summed E-state index contributed by atoms with van der Waals surface area (Å²) >= 11 is 0. The van der Waals surface area contributed by atoms with Crippen LogP contribution in [0.15, 0.2) is 6.20 Å². The summed E-state index contributed by atoms with van der Waals surface area (Å²) in [6.45, 7) is 1.37. The van der Waals surface area contributed by atoms with Gasteiger partial charge >= 0.3 is 12.1 Å². The molecule has 2 N–H and O–H groups in total. The van der Waals surface area contributed by atoms with Crippen molar-refractivity contribution in [3.63, 3.8) is 0 Å². The number of primary amides is 1. The molecule has 1 aromatic heterocycles. The van der Waals surface area contributed by atoms with Gasteiger partial charge in [0.1, 0.15) is 11.4 Å². The van der Waals surface area contributed by atoms with Crippen molar-refractivity contribution in [2.24, 2.45) is 5.73 Å². The summed E-state index contributed by atoms with van der Waals surface area (Å²) in [4.78, 5) is 28.6. The van der Waals surface area contributed by atoms with E-state index in [0.717, 1.165) is 0 Å². The molecule has 0 saturated heterocycles. The lowest BCUT2D eigenvalue weighted by Gasteiger charge is -2.11. The average molecular weight is 277 g/mol. The molecular weight excluding hydrogens is 267 g/mol. The number of rotatable bonds is 4. The first-order chi connectivity index (χ1) is 8.75. The Morgan fingerprint density at radius 2 is 2.05 bits per heavy atom. The maximum Gasteiger partial charge on any atom is 0.434 e. The van der Waals surface area contributed by atoms with E-state index in [0.29, 0.717) is 6.20 Å². The van der Waals surface area contributed by atoms with Crippen LogP contribution < -0.4 is 5.73 Å². The summed E-state index contributed by atoms with van der Waals surface area (Å²) in [5.41, 5.74) is 2.59. The number of nitrogens with two attached hydrogens (primary N) is 1. The van der Waals surface area contributed by atoms with Gasteiger partial charge in [-0.05, 0) is 6.92 Å². The molecule has 6 nitrogen and oxygen atoms in total. The van der Waals surface area contributed by atoms with Crippen molar-refractivity contribution in [1.82, 2.24) is 9.97 Å². The van der Waals surface area contributed by atoms with Gasteiger partial charge in [-0.25, -0.2) is 14.8 Å². The van der Waals surface area contributed by atoms with Crippen LogP contribution in [-0.2, 0) is 22.1 Å². The summed E-state index contributed by atoms with van der Waals surface area (Å²) in [6.07, 6.45) is -4.74. The van der Waals surface area contributed by atoms with Gasteiger partial charge in [-0.2, -0.15) is 13.2 Å².